The van der Waals surface area contributed by atoms with Gasteiger partial charge in [0.15, 0.2) is 0 Å². The van der Waals surface area contributed by atoms with Crippen LogP contribution in [0.1, 0.15) is 38.5 Å². The summed E-state index contributed by atoms with van der Waals surface area (Å²) < 4.78 is 5.50. The largest absolute Gasteiger partial charge is 0.468 e. The first kappa shape index (κ1) is 14.2. The summed E-state index contributed by atoms with van der Waals surface area (Å²) >= 11 is 0. The van der Waals surface area contributed by atoms with E-state index in [0.717, 1.165) is 31.7 Å². The Bertz CT molecular complexity index is 288. The molecule has 1 heterocycles. The molecule has 2 atom stereocenters. The number of aliphatic hydroxyl groups excluding tert-OH is 1. The van der Waals surface area contributed by atoms with E-state index in [1.807, 2.05) is 12.1 Å². The first-order valence-corrected chi connectivity index (χ1v) is 6.38. The zero-order valence-electron chi connectivity index (χ0n) is 10.8. The summed E-state index contributed by atoms with van der Waals surface area (Å²) in [5.41, 5.74) is 6.19. The summed E-state index contributed by atoms with van der Waals surface area (Å²) in [6.45, 7) is 6.14. The third kappa shape index (κ3) is 3.84. The monoisotopic (exact) mass is 240 g/mol. The minimum Gasteiger partial charge on any atom is -0.468 e. The Labute approximate surface area is 103 Å². The van der Waals surface area contributed by atoms with Gasteiger partial charge in [0.2, 0.25) is 0 Å². The number of likely N-dealkylation sites (N-methyl/N-ethyl adjacent to an activating group) is 1. The summed E-state index contributed by atoms with van der Waals surface area (Å²) in [5.74, 6) is 0.916. The van der Waals surface area contributed by atoms with Crippen molar-refractivity contribution in [3.05, 3.63) is 24.2 Å². The Morgan fingerprint density at radius 2 is 2.24 bits per heavy atom. The molecule has 4 heteroatoms. The molecule has 1 aromatic rings. The maximum atomic E-state index is 8.94. The third-order valence-electron chi connectivity index (χ3n) is 3.11. The van der Waals surface area contributed by atoms with E-state index >= 15 is 0 Å². The highest BCUT2D eigenvalue weighted by Crippen LogP contribution is 2.25. The topological polar surface area (TPSA) is 62.6 Å². The minimum atomic E-state index is 0.0554. The second-order valence-electron chi connectivity index (χ2n) is 4.24. The molecule has 3 N–H and O–H groups in total. The van der Waals surface area contributed by atoms with Crippen molar-refractivity contribution in [3.8, 4) is 0 Å². The Balaban J connectivity index is 2.80. The van der Waals surface area contributed by atoms with Crippen molar-refractivity contribution in [2.75, 3.05) is 19.7 Å². The molecule has 0 aliphatic rings. The van der Waals surface area contributed by atoms with Gasteiger partial charge in [0.25, 0.3) is 0 Å². The van der Waals surface area contributed by atoms with Crippen molar-refractivity contribution in [1.29, 1.82) is 0 Å². The highest BCUT2D eigenvalue weighted by Gasteiger charge is 2.26. The van der Waals surface area contributed by atoms with E-state index in [4.69, 9.17) is 15.3 Å². The molecule has 0 aliphatic carbocycles. The third-order valence-corrected chi connectivity index (χ3v) is 3.11. The van der Waals surface area contributed by atoms with Crippen LogP contribution in [0.4, 0.5) is 0 Å². The molecule has 17 heavy (non-hydrogen) atoms. The van der Waals surface area contributed by atoms with E-state index in [9.17, 15) is 0 Å². The summed E-state index contributed by atoms with van der Waals surface area (Å²) in [7, 11) is 0. The van der Waals surface area contributed by atoms with Crippen LogP contribution in [-0.2, 0) is 0 Å². The molecular weight excluding hydrogens is 216 g/mol. The molecule has 0 radical (unpaired) electrons. The lowest BCUT2D eigenvalue weighted by atomic mass is 10.0. The van der Waals surface area contributed by atoms with Crippen molar-refractivity contribution >= 4 is 0 Å². The van der Waals surface area contributed by atoms with Crippen molar-refractivity contribution in [3.63, 3.8) is 0 Å². The molecule has 0 bridgehead atoms. The zero-order chi connectivity index (χ0) is 12.7. The fraction of sp³-hybridized carbons (Fsp3) is 0.692. The predicted molar refractivity (Wildman–Crippen MR) is 68.7 cm³/mol. The number of nitrogens with zero attached hydrogens (tertiary/aromatic N) is 1. The summed E-state index contributed by atoms with van der Waals surface area (Å²) in [5, 5.41) is 8.94. The van der Waals surface area contributed by atoms with Crippen LogP contribution in [0.2, 0.25) is 0 Å². The minimum absolute atomic E-state index is 0.0554. The maximum absolute atomic E-state index is 8.94. The number of nitrogens with two attached hydrogens (primary N) is 1. The quantitative estimate of drug-likeness (QED) is 0.727. The molecule has 98 valence electrons. The van der Waals surface area contributed by atoms with Gasteiger partial charge in [-0.3, -0.25) is 4.90 Å². The van der Waals surface area contributed by atoms with Gasteiger partial charge in [0, 0.05) is 19.2 Å². The van der Waals surface area contributed by atoms with Crippen LogP contribution in [0, 0.1) is 0 Å². The number of rotatable bonds is 8. The van der Waals surface area contributed by atoms with Gasteiger partial charge in [0.1, 0.15) is 5.76 Å². The molecule has 2 unspecified atom stereocenters. The smallest absolute Gasteiger partial charge is 0.122 e. The van der Waals surface area contributed by atoms with Gasteiger partial charge in [-0.15, -0.1) is 0 Å². The van der Waals surface area contributed by atoms with Crippen LogP contribution in [0.5, 0.6) is 0 Å². The van der Waals surface area contributed by atoms with Crippen LogP contribution in [0.25, 0.3) is 0 Å². The lowest BCUT2D eigenvalue weighted by Crippen LogP contribution is -2.41. The van der Waals surface area contributed by atoms with Crippen LogP contribution >= 0.6 is 0 Å². The highest BCUT2D eigenvalue weighted by atomic mass is 16.3. The molecule has 0 saturated heterocycles. The molecule has 1 aromatic heterocycles. The van der Waals surface area contributed by atoms with Crippen molar-refractivity contribution in [1.82, 2.24) is 4.90 Å². The molecule has 1 rings (SSSR count). The first-order chi connectivity index (χ1) is 8.24. The average Bonchev–Trinajstić information content (AvgIpc) is 2.87. The lowest BCUT2D eigenvalue weighted by Gasteiger charge is -2.33. The Morgan fingerprint density at radius 3 is 2.71 bits per heavy atom. The highest BCUT2D eigenvalue weighted by molar-refractivity contribution is 5.07. The molecule has 4 nitrogen and oxygen atoms in total. The van der Waals surface area contributed by atoms with Crippen LogP contribution in [0.3, 0.4) is 0 Å². The van der Waals surface area contributed by atoms with E-state index in [-0.39, 0.29) is 18.7 Å². The molecule has 0 saturated carbocycles. The molecule has 0 amide bonds. The molecule has 0 spiro atoms. The lowest BCUT2D eigenvalue weighted by molar-refractivity contribution is 0.141. The summed E-state index contributed by atoms with van der Waals surface area (Å²) in [4.78, 5) is 2.27. The normalized spacial score (nSPS) is 15.1. The van der Waals surface area contributed by atoms with E-state index in [2.05, 4.69) is 18.7 Å². The van der Waals surface area contributed by atoms with Crippen molar-refractivity contribution in [2.24, 2.45) is 5.73 Å². The maximum Gasteiger partial charge on any atom is 0.122 e. The molecule has 0 aromatic carbocycles. The van der Waals surface area contributed by atoms with Gasteiger partial charge in [-0.05, 0) is 31.5 Å². The van der Waals surface area contributed by atoms with E-state index < -0.39 is 0 Å². The van der Waals surface area contributed by atoms with E-state index in [0.29, 0.717) is 0 Å². The zero-order valence-corrected chi connectivity index (χ0v) is 10.8. The van der Waals surface area contributed by atoms with Gasteiger partial charge in [-0.25, -0.2) is 0 Å². The second kappa shape index (κ2) is 7.48. The number of furan rings is 1. The van der Waals surface area contributed by atoms with Gasteiger partial charge in [0.05, 0.1) is 12.3 Å². The first-order valence-electron chi connectivity index (χ1n) is 6.38. The van der Waals surface area contributed by atoms with E-state index in [1.54, 1.807) is 6.26 Å². The summed E-state index contributed by atoms with van der Waals surface area (Å²) in [6, 6.07) is 4.03. The van der Waals surface area contributed by atoms with Crippen LogP contribution in [0.15, 0.2) is 22.8 Å². The van der Waals surface area contributed by atoms with Gasteiger partial charge in [-0.1, -0.05) is 13.8 Å². The fourth-order valence-electron chi connectivity index (χ4n) is 2.11. The fourth-order valence-corrected chi connectivity index (χ4v) is 2.11. The van der Waals surface area contributed by atoms with Crippen LogP contribution < -0.4 is 5.73 Å². The molecule has 0 aliphatic heterocycles. The number of hydrogen-bond acceptors (Lipinski definition) is 4. The Hall–Kier alpha value is -0.840. The Kier molecular flexibility index (Phi) is 6.26. The van der Waals surface area contributed by atoms with Crippen molar-refractivity contribution < 1.29 is 9.52 Å². The predicted octanol–water partition coefficient (Wildman–Crippen LogP) is 1.76. The Morgan fingerprint density at radius 1 is 1.47 bits per heavy atom. The molecular formula is C13H24N2O2. The number of hydrogen-bond donors (Lipinski definition) is 2. The standard InChI is InChI=1S/C13H24N2O2/c1-3-11(14)13(12-7-5-10-17-12)15(4-2)8-6-9-16/h5,7,10-11,13,16H,3-4,6,8-9,14H2,1-2H3. The van der Waals surface area contributed by atoms with Crippen molar-refractivity contribution in [2.45, 2.75) is 38.8 Å². The molecule has 0 fully saturated rings. The average molecular weight is 240 g/mol. The van der Waals surface area contributed by atoms with Gasteiger partial charge in [-0.2, -0.15) is 0 Å². The summed E-state index contributed by atoms with van der Waals surface area (Å²) in [6.07, 6.45) is 3.35. The van der Waals surface area contributed by atoms with Crippen LogP contribution in [-0.4, -0.2) is 35.7 Å². The van der Waals surface area contributed by atoms with E-state index in [1.165, 1.54) is 0 Å². The number of aliphatic hydroxyl groups is 1. The second-order valence-corrected chi connectivity index (χ2v) is 4.24. The van der Waals surface area contributed by atoms with Gasteiger partial charge >= 0.3 is 0 Å². The van der Waals surface area contributed by atoms with Gasteiger partial charge < -0.3 is 15.3 Å². The SMILES string of the molecule is CCC(N)C(c1ccco1)N(CC)CCCO.